The first-order valence-electron chi connectivity index (χ1n) is 5.58. The lowest BCUT2D eigenvalue weighted by Gasteiger charge is -2.14. The van der Waals surface area contributed by atoms with E-state index in [-0.39, 0.29) is 19.0 Å². The number of urea groups is 1. The molecule has 0 aromatic rings. The Balaban J connectivity index is 3.50. The molecule has 0 aliphatic heterocycles. The maximum absolute atomic E-state index is 11.2. The number of carboxylic acid groups (broad SMARTS) is 1. The lowest BCUT2D eigenvalue weighted by Crippen LogP contribution is -2.40. The Kier molecular flexibility index (Phi) is 8.08. The molecule has 17 heavy (non-hydrogen) atoms. The fourth-order valence-electron chi connectivity index (χ4n) is 1.03. The summed E-state index contributed by atoms with van der Waals surface area (Å²) >= 11 is 0. The van der Waals surface area contributed by atoms with Gasteiger partial charge in [-0.15, -0.1) is 0 Å². The zero-order chi connectivity index (χ0) is 13.3. The van der Waals surface area contributed by atoms with E-state index in [1.54, 1.807) is 0 Å². The van der Waals surface area contributed by atoms with E-state index in [1.807, 2.05) is 14.0 Å². The average Bonchev–Trinajstić information content (AvgIpc) is 2.28. The van der Waals surface area contributed by atoms with Crippen LogP contribution in [0.4, 0.5) is 4.79 Å². The van der Waals surface area contributed by atoms with E-state index in [1.165, 1.54) is 0 Å². The monoisotopic (exact) mass is 247 g/mol. The molecule has 0 saturated heterocycles. The molecule has 0 aliphatic carbocycles. The number of likely N-dealkylation sites (N-methyl/N-ethyl adjacent to an activating group) is 1. The highest BCUT2D eigenvalue weighted by Gasteiger charge is 2.12. The van der Waals surface area contributed by atoms with Crippen LogP contribution in [0.2, 0.25) is 0 Å². The summed E-state index contributed by atoms with van der Waals surface area (Å²) in [4.78, 5) is 23.5. The third kappa shape index (κ3) is 8.47. The topological polar surface area (TPSA) is 102 Å². The Morgan fingerprint density at radius 1 is 1.29 bits per heavy atom. The molecular formula is C10H21N3O4. The normalized spacial score (nSPS) is 12.2. The second-order valence-electron chi connectivity index (χ2n) is 3.72. The number of hydrogen-bond donors (Lipinski definition) is 4. The van der Waals surface area contributed by atoms with Crippen molar-refractivity contribution in [2.24, 2.45) is 0 Å². The van der Waals surface area contributed by atoms with E-state index in [0.717, 1.165) is 13.1 Å². The molecule has 7 nitrogen and oxygen atoms in total. The van der Waals surface area contributed by atoms with Crippen LogP contribution in [0.5, 0.6) is 0 Å². The Labute approximate surface area is 101 Å². The highest BCUT2D eigenvalue weighted by atomic mass is 16.4. The predicted octanol–water partition coefficient (Wildman–Crippen LogP) is -0.927. The second kappa shape index (κ2) is 8.77. The van der Waals surface area contributed by atoms with E-state index in [0.29, 0.717) is 6.54 Å². The molecule has 0 fully saturated rings. The molecule has 100 valence electrons. The van der Waals surface area contributed by atoms with Gasteiger partial charge < -0.3 is 25.7 Å². The van der Waals surface area contributed by atoms with Crippen molar-refractivity contribution in [1.82, 2.24) is 15.5 Å². The minimum Gasteiger partial charge on any atom is -0.479 e. The number of aliphatic carboxylic acids is 1. The van der Waals surface area contributed by atoms with E-state index in [2.05, 4.69) is 15.5 Å². The van der Waals surface area contributed by atoms with Crippen molar-refractivity contribution in [2.75, 3.05) is 33.2 Å². The Morgan fingerprint density at radius 2 is 1.88 bits per heavy atom. The molecule has 7 heteroatoms. The Bertz CT molecular complexity index is 248. The van der Waals surface area contributed by atoms with Gasteiger partial charge in [0.2, 0.25) is 0 Å². The predicted molar refractivity (Wildman–Crippen MR) is 62.8 cm³/mol. The number of rotatable bonds is 8. The van der Waals surface area contributed by atoms with Gasteiger partial charge in [0.1, 0.15) is 0 Å². The molecule has 0 spiro atoms. The molecule has 1 unspecified atom stereocenters. The minimum atomic E-state index is -1.43. The van der Waals surface area contributed by atoms with Gasteiger partial charge in [-0.3, -0.25) is 0 Å². The number of carbonyl (C=O) groups is 2. The van der Waals surface area contributed by atoms with Gasteiger partial charge in [0.05, 0.1) is 0 Å². The van der Waals surface area contributed by atoms with Gasteiger partial charge in [0.15, 0.2) is 6.10 Å². The van der Waals surface area contributed by atoms with Crippen molar-refractivity contribution >= 4 is 12.0 Å². The van der Waals surface area contributed by atoms with Gasteiger partial charge in [-0.25, -0.2) is 9.59 Å². The Morgan fingerprint density at radius 3 is 2.41 bits per heavy atom. The van der Waals surface area contributed by atoms with E-state index >= 15 is 0 Å². The number of nitrogens with zero attached hydrogens (tertiary/aromatic N) is 1. The summed E-state index contributed by atoms with van der Waals surface area (Å²) in [6.45, 7) is 4.34. The molecule has 0 rings (SSSR count). The van der Waals surface area contributed by atoms with Gasteiger partial charge in [-0.05, 0) is 13.6 Å². The lowest BCUT2D eigenvalue weighted by atomic mass is 10.2. The van der Waals surface area contributed by atoms with Crippen LogP contribution in [0.25, 0.3) is 0 Å². The summed E-state index contributed by atoms with van der Waals surface area (Å²) in [5, 5.41) is 22.4. The quantitative estimate of drug-likeness (QED) is 0.444. The van der Waals surface area contributed by atoms with Crippen molar-refractivity contribution in [2.45, 2.75) is 19.4 Å². The minimum absolute atomic E-state index is 0.00236. The van der Waals surface area contributed by atoms with Crippen LogP contribution in [0, 0.1) is 0 Å². The lowest BCUT2D eigenvalue weighted by molar-refractivity contribution is -0.146. The van der Waals surface area contributed by atoms with E-state index in [9.17, 15) is 9.59 Å². The first-order valence-corrected chi connectivity index (χ1v) is 5.58. The summed E-state index contributed by atoms with van der Waals surface area (Å²) < 4.78 is 0. The molecule has 0 aliphatic rings. The van der Waals surface area contributed by atoms with Gasteiger partial charge in [-0.2, -0.15) is 0 Å². The Hall–Kier alpha value is -1.34. The highest BCUT2D eigenvalue weighted by molar-refractivity contribution is 5.74. The average molecular weight is 247 g/mol. The van der Waals surface area contributed by atoms with Crippen LogP contribution in [0.15, 0.2) is 0 Å². The molecule has 2 amide bonds. The van der Waals surface area contributed by atoms with Crippen LogP contribution in [-0.2, 0) is 4.79 Å². The van der Waals surface area contributed by atoms with Crippen LogP contribution in [0.1, 0.15) is 13.3 Å². The van der Waals surface area contributed by atoms with Gasteiger partial charge >= 0.3 is 12.0 Å². The molecular weight excluding hydrogens is 226 g/mol. The van der Waals surface area contributed by atoms with Crippen LogP contribution in [0.3, 0.4) is 0 Å². The maximum Gasteiger partial charge on any atom is 0.332 e. The van der Waals surface area contributed by atoms with Crippen molar-refractivity contribution in [3.05, 3.63) is 0 Å². The summed E-state index contributed by atoms with van der Waals surface area (Å²) in [6, 6.07) is -0.355. The van der Waals surface area contributed by atoms with E-state index in [4.69, 9.17) is 10.2 Å². The standard InChI is InChI=1S/C10H21N3O4/c1-3-13(2)7-6-12-10(17)11-5-4-8(14)9(15)16/h8,14H,3-7H2,1-2H3,(H,15,16)(H2,11,12,17). The third-order valence-electron chi connectivity index (χ3n) is 2.31. The largest absolute Gasteiger partial charge is 0.479 e. The molecule has 0 radical (unpaired) electrons. The first-order chi connectivity index (χ1) is 7.97. The third-order valence-corrected chi connectivity index (χ3v) is 2.31. The summed E-state index contributed by atoms with van der Waals surface area (Å²) in [6.07, 6.45) is -1.43. The van der Waals surface area contributed by atoms with Gasteiger partial charge in [0, 0.05) is 26.1 Å². The molecule has 0 aromatic carbocycles. The number of carbonyl (C=O) groups excluding carboxylic acids is 1. The van der Waals surface area contributed by atoms with Crippen molar-refractivity contribution in [3.63, 3.8) is 0 Å². The molecule has 4 N–H and O–H groups in total. The fraction of sp³-hybridized carbons (Fsp3) is 0.800. The van der Waals surface area contributed by atoms with Crippen LogP contribution < -0.4 is 10.6 Å². The fourth-order valence-corrected chi connectivity index (χ4v) is 1.03. The smallest absolute Gasteiger partial charge is 0.332 e. The summed E-state index contributed by atoms with van der Waals surface area (Å²) in [7, 11) is 1.95. The van der Waals surface area contributed by atoms with Crippen LogP contribution in [-0.4, -0.2) is 66.4 Å². The van der Waals surface area contributed by atoms with Crippen LogP contribution >= 0.6 is 0 Å². The summed E-state index contributed by atoms with van der Waals surface area (Å²) in [5.74, 6) is -1.28. The SMILES string of the molecule is CCN(C)CCNC(=O)NCCC(O)C(=O)O. The zero-order valence-corrected chi connectivity index (χ0v) is 10.3. The zero-order valence-electron chi connectivity index (χ0n) is 10.3. The van der Waals surface area contributed by atoms with Crippen molar-refractivity contribution < 1.29 is 19.8 Å². The number of amides is 2. The van der Waals surface area contributed by atoms with Gasteiger partial charge in [0.25, 0.3) is 0 Å². The molecule has 0 saturated carbocycles. The van der Waals surface area contributed by atoms with Crippen molar-refractivity contribution in [3.8, 4) is 0 Å². The van der Waals surface area contributed by atoms with Crippen molar-refractivity contribution in [1.29, 1.82) is 0 Å². The number of carboxylic acids is 1. The van der Waals surface area contributed by atoms with Gasteiger partial charge in [-0.1, -0.05) is 6.92 Å². The molecule has 0 bridgehead atoms. The number of aliphatic hydroxyl groups is 1. The highest BCUT2D eigenvalue weighted by Crippen LogP contribution is 1.88. The number of nitrogens with one attached hydrogen (secondary N) is 2. The first kappa shape index (κ1) is 15.7. The van der Waals surface area contributed by atoms with E-state index < -0.39 is 12.1 Å². The summed E-state index contributed by atoms with van der Waals surface area (Å²) in [5.41, 5.74) is 0. The maximum atomic E-state index is 11.2. The number of aliphatic hydroxyl groups excluding tert-OH is 1. The number of hydrogen-bond acceptors (Lipinski definition) is 4. The molecule has 1 atom stereocenters. The molecule has 0 aromatic heterocycles. The molecule has 0 heterocycles. The second-order valence-corrected chi connectivity index (χ2v) is 3.72.